The van der Waals surface area contributed by atoms with E-state index in [-0.39, 0.29) is 20.4 Å². The zero-order valence-electron chi connectivity index (χ0n) is 20.7. The van der Waals surface area contributed by atoms with Crippen molar-refractivity contribution in [1.82, 2.24) is 0 Å². The molecule has 1 fully saturated rings. The van der Waals surface area contributed by atoms with E-state index < -0.39 is 0 Å². The van der Waals surface area contributed by atoms with Crippen LogP contribution in [0.1, 0.15) is 108 Å². The van der Waals surface area contributed by atoms with Gasteiger partial charge in [0.05, 0.1) is 0 Å². The fourth-order valence-electron chi connectivity index (χ4n) is 4.72. The maximum atomic E-state index is 2.54. The summed E-state index contributed by atoms with van der Waals surface area (Å²) in [5.41, 5.74) is 8.70. The number of anilines is 2. The Morgan fingerprint density at radius 1 is 0.581 bits per heavy atom. The molecule has 1 aliphatic heterocycles. The molecule has 3 rings (SSSR count). The molecule has 31 heavy (non-hydrogen) atoms. The third-order valence-corrected chi connectivity index (χ3v) is 6.34. The van der Waals surface area contributed by atoms with Gasteiger partial charge in [-0.2, -0.15) is 6.67 Å². The van der Waals surface area contributed by atoms with Gasteiger partial charge in [0.1, 0.15) is 0 Å². The number of nitrogens with zero attached hydrogens (tertiary/aromatic N) is 2. The van der Waals surface area contributed by atoms with Crippen LogP contribution in [0.5, 0.6) is 0 Å². The molecule has 3 heteroatoms. The molecule has 0 aliphatic carbocycles. The van der Waals surface area contributed by atoms with Crippen molar-refractivity contribution in [3.8, 4) is 0 Å². The maximum absolute atomic E-state index is 2.54. The van der Waals surface area contributed by atoms with Crippen LogP contribution in [0.2, 0.25) is 0 Å². The van der Waals surface area contributed by atoms with E-state index >= 15 is 0 Å². The summed E-state index contributed by atoms with van der Waals surface area (Å²) in [6, 6.07) is 13.8. The molecule has 1 heterocycles. The number of hydrogen-bond acceptors (Lipinski definition) is 2. The fraction of sp³-hybridized carbons (Fsp3) is 0.536. The molecule has 0 saturated carbocycles. The Morgan fingerprint density at radius 3 is 1.13 bits per heavy atom. The Bertz CT molecular complexity index is 732. The van der Waals surface area contributed by atoms with E-state index in [1.54, 1.807) is 0 Å². The van der Waals surface area contributed by atoms with Gasteiger partial charge in [0, 0.05) is 31.8 Å². The molecular weight excluding hydrogens is 471 g/mol. The van der Waals surface area contributed by atoms with E-state index in [0.29, 0.717) is 23.7 Å². The average Bonchev–Trinajstić information content (AvgIpc) is 2.72. The Kier molecular flexibility index (Phi) is 9.23. The van der Waals surface area contributed by atoms with Crippen LogP contribution in [0.15, 0.2) is 36.4 Å². The van der Waals surface area contributed by atoms with Crippen LogP contribution in [0, 0.1) is 6.67 Å². The number of hydrogen-bond donors (Lipinski definition) is 0. The molecule has 0 bridgehead atoms. The molecule has 2 nitrogen and oxygen atoms in total. The van der Waals surface area contributed by atoms with Crippen molar-refractivity contribution in [1.29, 1.82) is 0 Å². The zero-order chi connectivity index (χ0) is 22.0. The first-order chi connectivity index (χ1) is 14.2. The van der Waals surface area contributed by atoms with Gasteiger partial charge in [-0.05, 0) is 65.4 Å². The van der Waals surface area contributed by atoms with Gasteiger partial charge in [-0.3, -0.25) is 0 Å². The van der Waals surface area contributed by atoms with Crippen molar-refractivity contribution < 1.29 is 20.4 Å². The molecule has 174 valence electrons. The third-order valence-electron chi connectivity index (χ3n) is 6.34. The molecule has 0 radical (unpaired) electrons. The van der Waals surface area contributed by atoms with Gasteiger partial charge in [0.2, 0.25) is 0 Å². The molecule has 0 N–H and O–H groups in total. The summed E-state index contributed by atoms with van der Waals surface area (Å²) in [6.07, 6.45) is 1.17. The number of rotatable bonds is 6. The molecule has 2 aromatic rings. The SMILES string of the molecule is CC(C)c1cccc(C(C)C)c1N1[CH-]N(c2c(C(C)C)cccc2C(C)C)CCC1.[Pd]. The maximum Gasteiger partial charge on any atom is 0.0156 e. The van der Waals surface area contributed by atoms with E-state index in [1.165, 1.54) is 40.0 Å². The Hall–Kier alpha value is -1.30. The Labute approximate surface area is 205 Å². The van der Waals surface area contributed by atoms with Crippen LogP contribution in [0.25, 0.3) is 0 Å². The smallest absolute Gasteiger partial charge is 0.0156 e. The summed E-state index contributed by atoms with van der Waals surface area (Å²) in [6.45, 7) is 23.1. The minimum absolute atomic E-state index is 0. The van der Waals surface area contributed by atoms with Crippen LogP contribution in [-0.2, 0) is 20.4 Å². The summed E-state index contributed by atoms with van der Waals surface area (Å²) in [7, 11) is 0. The van der Waals surface area contributed by atoms with Gasteiger partial charge >= 0.3 is 0 Å². The summed E-state index contributed by atoms with van der Waals surface area (Å²) in [5, 5.41) is 0. The second-order valence-electron chi connectivity index (χ2n) is 10.0. The topological polar surface area (TPSA) is 6.48 Å². The molecule has 1 aliphatic rings. The average molecular weight is 512 g/mol. The van der Waals surface area contributed by atoms with Crippen molar-refractivity contribution in [3.05, 3.63) is 65.3 Å². The number of para-hydroxylation sites is 2. The van der Waals surface area contributed by atoms with Crippen LogP contribution in [-0.4, -0.2) is 13.1 Å². The molecule has 0 unspecified atom stereocenters. The van der Waals surface area contributed by atoms with E-state index in [2.05, 4.69) is 108 Å². The normalized spacial score (nSPS) is 14.7. The minimum Gasteiger partial charge on any atom is -0.503 e. The van der Waals surface area contributed by atoms with Gasteiger partial charge < -0.3 is 9.80 Å². The van der Waals surface area contributed by atoms with E-state index in [0.717, 1.165) is 13.1 Å². The standard InChI is InChI=1S/C28H41N2.Pd/c1-19(2)23-12-9-13-24(20(3)4)27(23)29-16-11-17-30(18-29)28-25(21(5)6)14-10-15-26(28)22(7)8;/h9-10,12-15,18-22H,11,16-17H2,1-8H3;/q-1;. The zero-order valence-corrected chi connectivity index (χ0v) is 22.2. The Morgan fingerprint density at radius 2 is 0.871 bits per heavy atom. The van der Waals surface area contributed by atoms with Gasteiger partial charge in [0.15, 0.2) is 0 Å². The quantitative estimate of drug-likeness (QED) is 0.286. The van der Waals surface area contributed by atoms with Crippen molar-refractivity contribution >= 4 is 11.4 Å². The first-order valence-electron chi connectivity index (χ1n) is 11.9. The minimum atomic E-state index is 0. The van der Waals surface area contributed by atoms with E-state index in [1.807, 2.05) is 0 Å². The largest absolute Gasteiger partial charge is 0.503 e. The summed E-state index contributed by atoms with van der Waals surface area (Å²) >= 11 is 0. The van der Waals surface area contributed by atoms with Crippen LogP contribution < -0.4 is 9.80 Å². The predicted octanol–water partition coefficient (Wildman–Crippen LogP) is 8.01. The molecule has 1 saturated heterocycles. The molecule has 0 aromatic heterocycles. The second-order valence-corrected chi connectivity index (χ2v) is 10.0. The molecule has 0 spiro atoms. The second kappa shape index (κ2) is 11.0. The van der Waals surface area contributed by atoms with E-state index in [4.69, 9.17) is 0 Å². The van der Waals surface area contributed by atoms with Crippen LogP contribution in [0.4, 0.5) is 11.4 Å². The molecule has 2 aromatic carbocycles. The van der Waals surface area contributed by atoms with Crippen molar-refractivity contribution in [2.45, 2.75) is 85.5 Å². The number of benzene rings is 2. The Balaban J connectivity index is 0.00000341. The molecular formula is C28H41N2Pd-. The third kappa shape index (κ3) is 5.55. The van der Waals surface area contributed by atoms with Gasteiger partial charge in [-0.1, -0.05) is 91.8 Å². The molecule has 0 atom stereocenters. The summed E-state index contributed by atoms with van der Waals surface area (Å²) in [5.74, 6) is 2.04. The van der Waals surface area contributed by atoms with Crippen molar-refractivity contribution in [3.63, 3.8) is 0 Å². The summed E-state index contributed by atoms with van der Waals surface area (Å²) in [4.78, 5) is 5.07. The monoisotopic (exact) mass is 511 g/mol. The molecule has 0 amide bonds. The van der Waals surface area contributed by atoms with E-state index in [9.17, 15) is 0 Å². The van der Waals surface area contributed by atoms with Crippen molar-refractivity contribution in [2.75, 3.05) is 22.9 Å². The van der Waals surface area contributed by atoms with Gasteiger partial charge in [0.25, 0.3) is 0 Å². The van der Waals surface area contributed by atoms with Crippen LogP contribution >= 0.6 is 0 Å². The first kappa shape index (κ1) is 26.0. The van der Waals surface area contributed by atoms with Crippen LogP contribution in [0.3, 0.4) is 0 Å². The fourth-order valence-corrected chi connectivity index (χ4v) is 4.72. The van der Waals surface area contributed by atoms with Crippen molar-refractivity contribution in [2.24, 2.45) is 0 Å². The first-order valence-corrected chi connectivity index (χ1v) is 11.9. The predicted molar refractivity (Wildman–Crippen MR) is 133 cm³/mol. The summed E-state index contributed by atoms with van der Waals surface area (Å²) < 4.78 is 0. The van der Waals surface area contributed by atoms with Gasteiger partial charge in [-0.25, -0.2) is 0 Å². The van der Waals surface area contributed by atoms with Gasteiger partial charge in [-0.15, -0.1) is 0 Å².